The van der Waals surface area contributed by atoms with Gasteiger partial charge in [0, 0.05) is 12.2 Å². The van der Waals surface area contributed by atoms with Gasteiger partial charge in [0.15, 0.2) is 0 Å². The third kappa shape index (κ3) is 9.88. The fourth-order valence-electron chi connectivity index (χ4n) is 5.09. The van der Waals surface area contributed by atoms with Gasteiger partial charge in [0.2, 0.25) is 30.1 Å². The van der Waals surface area contributed by atoms with Gasteiger partial charge in [-0.2, -0.15) is 17.9 Å². The molecule has 14 nitrogen and oxygen atoms in total. The van der Waals surface area contributed by atoms with Crippen LogP contribution in [0.15, 0.2) is 110 Å². The SMILES string of the molecule is NS(=O)(=O)c1cc2c(cc1C(F)(F)F)NC(Cc1ccccc1)NS2(=O)=O.NS(=O)(=O)c1cc2c(cc1Cl)N=C(CSCc1ccccc1)NS2(=O)=O. The summed E-state index contributed by atoms with van der Waals surface area (Å²) in [4.78, 5) is 1.58. The van der Waals surface area contributed by atoms with Crippen molar-refractivity contribution in [2.75, 3.05) is 11.1 Å². The highest BCUT2D eigenvalue weighted by Crippen LogP contribution is 2.40. The lowest BCUT2D eigenvalue weighted by atomic mass is 10.1. The number of alkyl halides is 3. The fourth-order valence-corrected chi connectivity index (χ4v) is 10.6. The molecule has 2 aliphatic rings. The number of rotatable bonds is 8. The maximum absolute atomic E-state index is 13.3. The number of nitrogens with two attached hydrogens (primary N) is 2. The van der Waals surface area contributed by atoms with E-state index in [0.717, 1.165) is 17.2 Å². The van der Waals surface area contributed by atoms with Gasteiger partial charge >= 0.3 is 6.18 Å². The Balaban J connectivity index is 0.000000204. The molecule has 7 N–H and O–H groups in total. The molecule has 0 aromatic heterocycles. The van der Waals surface area contributed by atoms with Crippen LogP contribution in [0.2, 0.25) is 5.02 Å². The summed E-state index contributed by atoms with van der Waals surface area (Å²) in [6, 6.07) is 21.4. The van der Waals surface area contributed by atoms with E-state index in [0.29, 0.717) is 23.6 Å². The summed E-state index contributed by atoms with van der Waals surface area (Å²) >= 11 is 7.42. The molecule has 2 heterocycles. The average molecular weight is 853 g/mol. The number of nitrogens with one attached hydrogen (secondary N) is 3. The lowest BCUT2D eigenvalue weighted by Crippen LogP contribution is -2.46. The highest BCUT2D eigenvalue weighted by atomic mass is 35.5. The molecular formula is C30H28ClF3N6O8S5. The molecular weight excluding hydrogens is 825 g/mol. The first-order chi connectivity index (χ1) is 24.5. The van der Waals surface area contributed by atoms with Crippen molar-refractivity contribution in [3.8, 4) is 0 Å². The first kappa shape index (κ1) is 40.4. The van der Waals surface area contributed by atoms with Gasteiger partial charge in [0.05, 0.1) is 38.8 Å². The molecule has 284 valence electrons. The smallest absolute Gasteiger partial charge is 0.368 e. The Morgan fingerprint density at radius 3 is 1.91 bits per heavy atom. The van der Waals surface area contributed by atoms with Gasteiger partial charge in [0.1, 0.15) is 20.5 Å². The van der Waals surface area contributed by atoms with Crippen molar-refractivity contribution < 1.29 is 46.8 Å². The van der Waals surface area contributed by atoms with Crippen molar-refractivity contribution in [3.63, 3.8) is 0 Å². The first-order valence-corrected chi connectivity index (χ1v) is 22.3. The average Bonchev–Trinajstić information content (AvgIpc) is 3.03. The second-order valence-corrected chi connectivity index (χ2v) is 19.1. The van der Waals surface area contributed by atoms with E-state index < -0.39 is 72.7 Å². The van der Waals surface area contributed by atoms with Crippen LogP contribution < -0.4 is 25.0 Å². The Morgan fingerprint density at radius 2 is 1.34 bits per heavy atom. The van der Waals surface area contributed by atoms with E-state index in [9.17, 15) is 46.8 Å². The van der Waals surface area contributed by atoms with Crippen molar-refractivity contribution >= 4 is 80.7 Å². The molecule has 23 heteroatoms. The third-order valence-corrected chi connectivity index (χ3v) is 13.6. The van der Waals surface area contributed by atoms with Crippen molar-refractivity contribution in [2.45, 2.75) is 44.1 Å². The van der Waals surface area contributed by atoms with Crippen LogP contribution >= 0.6 is 23.4 Å². The summed E-state index contributed by atoms with van der Waals surface area (Å²) in [5.41, 5.74) is 0.0500. The molecule has 0 spiro atoms. The number of sulfonamides is 4. The molecule has 0 radical (unpaired) electrons. The number of benzene rings is 4. The Morgan fingerprint density at radius 1 is 0.774 bits per heavy atom. The van der Waals surface area contributed by atoms with Crippen molar-refractivity contribution in [3.05, 3.63) is 107 Å². The maximum Gasteiger partial charge on any atom is 0.417 e. The first-order valence-electron chi connectivity index (χ1n) is 14.7. The number of nitrogens with zero attached hydrogens (tertiary/aromatic N) is 1. The van der Waals surface area contributed by atoms with Crippen LogP contribution in [0, 0.1) is 0 Å². The predicted octanol–water partition coefficient (Wildman–Crippen LogP) is 3.87. The number of thioether (sulfide) groups is 1. The summed E-state index contributed by atoms with van der Waals surface area (Å²) in [6.45, 7) is 0. The van der Waals surface area contributed by atoms with E-state index >= 15 is 0 Å². The normalized spacial score (nSPS) is 17.5. The molecule has 6 rings (SSSR count). The van der Waals surface area contributed by atoms with Gasteiger partial charge in [-0.15, -0.1) is 11.8 Å². The Hall–Kier alpha value is -3.74. The van der Waals surface area contributed by atoms with Crippen LogP contribution in [-0.2, 0) is 58.4 Å². The predicted molar refractivity (Wildman–Crippen MR) is 194 cm³/mol. The van der Waals surface area contributed by atoms with Crippen LogP contribution in [0.1, 0.15) is 16.7 Å². The van der Waals surface area contributed by atoms with E-state index in [1.807, 2.05) is 30.3 Å². The van der Waals surface area contributed by atoms with Crippen LogP contribution in [0.25, 0.3) is 0 Å². The largest absolute Gasteiger partial charge is 0.417 e. The fraction of sp³-hybridized carbons (Fsp3) is 0.167. The molecule has 1 atom stereocenters. The zero-order chi connectivity index (χ0) is 39.0. The molecule has 4 aromatic carbocycles. The van der Waals surface area contributed by atoms with E-state index in [2.05, 4.69) is 19.8 Å². The van der Waals surface area contributed by atoms with Gasteiger partial charge in [-0.25, -0.2) is 48.9 Å². The summed E-state index contributed by atoms with van der Waals surface area (Å²) in [7, 11) is -17.2. The molecule has 53 heavy (non-hydrogen) atoms. The molecule has 2 aliphatic heterocycles. The number of halogens is 4. The van der Waals surface area contributed by atoms with Gasteiger partial charge in [-0.3, -0.25) is 4.72 Å². The van der Waals surface area contributed by atoms with Gasteiger partial charge in [-0.05, 0) is 35.4 Å². The second kappa shape index (κ2) is 15.2. The number of primary sulfonamides is 2. The number of hydrogen-bond donors (Lipinski definition) is 5. The molecule has 0 bridgehead atoms. The van der Waals surface area contributed by atoms with Crippen LogP contribution in [0.3, 0.4) is 0 Å². The van der Waals surface area contributed by atoms with Crippen LogP contribution in [-0.4, -0.2) is 51.4 Å². The van der Waals surface area contributed by atoms with E-state index in [-0.39, 0.29) is 33.5 Å². The van der Waals surface area contributed by atoms with Gasteiger partial charge in [0.25, 0.3) is 10.0 Å². The molecule has 0 fully saturated rings. The zero-order valence-corrected chi connectivity index (χ0v) is 31.5. The lowest BCUT2D eigenvalue weighted by molar-refractivity contribution is -0.139. The second-order valence-electron chi connectivity index (χ2n) is 11.3. The topological polar surface area (TPSA) is 237 Å². The van der Waals surface area contributed by atoms with E-state index in [4.69, 9.17) is 21.9 Å². The minimum absolute atomic E-state index is 0.0801. The lowest BCUT2D eigenvalue weighted by Gasteiger charge is -2.29. The minimum atomic E-state index is -5.04. The molecule has 1 unspecified atom stereocenters. The van der Waals surface area contributed by atoms with E-state index in [1.165, 1.54) is 17.8 Å². The van der Waals surface area contributed by atoms with Crippen molar-refractivity contribution in [1.82, 2.24) is 9.44 Å². The summed E-state index contributed by atoms with van der Waals surface area (Å²) in [6.07, 6.45) is -5.79. The molecule has 0 amide bonds. The Labute approximate surface area is 312 Å². The molecule has 0 aliphatic carbocycles. The summed E-state index contributed by atoms with van der Waals surface area (Å²) < 4.78 is 140. The highest BCUT2D eigenvalue weighted by molar-refractivity contribution is 7.99. The maximum atomic E-state index is 13.3. The summed E-state index contributed by atoms with van der Waals surface area (Å²) in [5.74, 6) is 1.28. The van der Waals surface area contributed by atoms with Crippen molar-refractivity contribution in [1.29, 1.82) is 0 Å². The monoisotopic (exact) mass is 852 g/mol. The number of hydrogen-bond acceptors (Lipinski definition) is 11. The zero-order valence-electron chi connectivity index (χ0n) is 26.7. The highest BCUT2D eigenvalue weighted by Gasteiger charge is 2.40. The van der Waals surface area contributed by atoms with Gasteiger partial charge < -0.3 is 5.32 Å². The van der Waals surface area contributed by atoms with Crippen LogP contribution in [0.5, 0.6) is 0 Å². The van der Waals surface area contributed by atoms with Crippen LogP contribution in [0.4, 0.5) is 24.5 Å². The molecule has 0 saturated heterocycles. The summed E-state index contributed by atoms with van der Waals surface area (Å²) in [5, 5.41) is 12.4. The molecule has 0 saturated carbocycles. The van der Waals surface area contributed by atoms with Gasteiger partial charge in [-0.1, -0.05) is 72.3 Å². The number of fused-ring (bicyclic) bond motifs is 2. The van der Waals surface area contributed by atoms with Crippen molar-refractivity contribution in [2.24, 2.45) is 15.3 Å². The number of aliphatic imine (C=N–C) groups is 1. The number of amidine groups is 1. The van der Waals surface area contributed by atoms with E-state index in [1.54, 1.807) is 30.3 Å². The Kier molecular flexibility index (Phi) is 11.6. The number of anilines is 1. The molecule has 4 aromatic rings. The quantitative estimate of drug-likeness (QED) is 0.172. The standard InChI is InChI=1S/C15H14ClN3O4S3.C15H14F3N3O4S2/c16-11-6-12-14(7-13(11)25(17,20)21)26(22,23)19-15(18-12)9-24-8-10-4-2-1-3-5-10;16-15(17,18)10-7-11-13(8-12(10)26(19,22)23)27(24,25)21-14(20-11)6-9-4-2-1-3-5-9/h1-7H,8-9H2,(H,18,19)(H2,17,20,21);1-5,7-8,14,20-21H,6H2,(H2,19,22,23). The minimum Gasteiger partial charge on any atom is -0.368 e. The Bertz CT molecular complexity index is 2530. The third-order valence-electron chi connectivity index (χ3n) is 7.36.